The summed E-state index contributed by atoms with van der Waals surface area (Å²) in [4.78, 5) is 33.5. The molecule has 8 nitrogen and oxygen atoms in total. The molecule has 0 atom stereocenters. The van der Waals surface area contributed by atoms with Crippen LogP contribution in [-0.2, 0) is 0 Å². The van der Waals surface area contributed by atoms with Crippen LogP contribution >= 0.6 is 0 Å². The minimum atomic E-state index is -1.34. The number of phenols is 1. The van der Waals surface area contributed by atoms with Crippen molar-refractivity contribution in [3.8, 4) is 5.75 Å². The van der Waals surface area contributed by atoms with E-state index in [0.717, 1.165) is 12.1 Å². The second-order valence-corrected chi connectivity index (χ2v) is 4.70. The van der Waals surface area contributed by atoms with Crippen LogP contribution in [-0.4, -0.2) is 27.0 Å². The fraction of sp³-hybridized carbons (Fsp3) is 0.0667. The van der Waals surface area contributed by atoms with Gasteiger partial charge in [-0.2, -0.15) is 0 Å². The van der Waals surface area contributed by atoms with Crippen LogP contribution in [0.3, 0.4) is 0 Å². The summed E-state index contributed by atoms with van der Waals surface area (Å²) in [6.07, 6.45) is 0. The number of carbonyl (C=O) groups is 2. The SMILES string of the molecule is Cc1c(C(=O)Nc2ccc(O)c(C(=O)O)c2)cccc1[N+](=O)[O-]. The zero-order valence-corrected chi connectivity index (χ0v) is 11.9. The molecule has 2 aromatic rings. The van der Waals surface area contributed by atoms with Crippen molar-refractivity contribution in [1.82, 2.24) is 0 Å². The van der Waals surface area contributed by atoms with Gasteiger partial charge in [0.15, 0.2) is 0 Å². The Morgan fingerprint density at radius 2 is 1.87 bits per heavy atom. The summed E-state index contributed by atoms with van der Waals surface area (Å²) < 4.78 is 0. The van der Waals surface area contributed by atoms with Gasteiger partial charge < -0.3 is 15.5 Å². The highest BCUT2D eigenvalue weighted by molar-refractivity contribution is 6.06. The number of hydrogen-bond donors (Lipinski definition) is 3. The van der Waals surface area contributed by atoms with E-state index >= 15 is 0 Å². The Labute approximate surface area is 130 Å². The van der Waals surface area contributed by atoms with Crippen LogP contribution in [0.1, 0.15) is 26.3 Å². The van der Waals surface area contributed by atoms with Crippen molar-refractivity contribution in [2.45, 2.75) is 6.92 Å². The first-order valence-electron chi connectivity index (χ1n) is 6.43. The first-order valence-corrected chi connectivity index (χ1v) is 6.43. The monoisotopic (exact) mass is 316 g/mol. The Balaban J connectivity index is 2.33. The van der Waals surface area contributed by atoms with E-state index in [4.69, 9.17) is 5.11 Å². The Morgan fingerprint density at radius 3 is 2.48 bits per heavy atom. The number of aromatic hydroxyl groups is 1. The molecule has 0 radical (unpaired) electrons. The Bertz CT molecular complexity index is 816. The molecular formula is C15H12N2O6. The second-order valence-electron chi connectivity index (χ2n) is 4.70. The number of nitrogens with zero attached hydrogens (tertiary/aromatic N) is 1. The molecule has 0 spiro atoms. The molecule has 0 saturated carbocycles. The molecule has 0 fully saturated rings. The lowest BCUT2D eigenvalue weighted by Gasteiger charge is -2.09. The minimum absolute atomic E-state index is 0.101. The third-order valence-electron chi connectivity index (χ3n) is 3.23. The van der Waals surface area contributed by atoms with Gasteiger partial charge in [-0.1, -0.05) is 6.07 Å². The summed E-state index contributed by atoms with van der Waals surface area (Å²) in [6.45, 7) is 1.45. The van der Waals surface area contributed by atoms with Crippen molar-refractivity contribution in [3.63, 3.8) is 0 Å². The normalized spacial score (nSPS) is 10.1. The van der Waals surface area contributed by atoms with E-state index < -0.39 is 22.5 Å². The number of aromatic carboxylic acids is 1. The molecule has 0 aromatic heterocycles. The number of carbonyl (C=O) groups excluding carboxylic acids is 1. The van der Waals surface area contributed by atoms with Crippen molar-refractivity contribution in [3.05, 3.63) is 63.2 Å². The Kier molecular flexibility index (Phi) is 4.26. The van der Waals surface area contributed by atoms with Gasteiger partial charge in [0.25, 0.3) is 11.6 Å². The largest absolute Gasteiger partial charge is 0.507 e. The van der Waals surface area contributed by atoms with Crippen molar-refractivity contribution < 1.29 is 24.7 Å². The summed E-state index contributed by atoms with van der Waals surface area (Å²) in [5, 5.41) is 31.7. The van der Waals surface area contributed by atoms with E-state index in [2.05, 4.69) is 5.32 Å². The number of hydrogen-bond acceptors (Lipinski definition) is 5. The third-order valence-corrected chi connectivity index (χ3v) is 3.23. The van der Waals surface area contributed by atoms with Gasteiger partial charge in [-0.05, 0) is 31.2 Å². The lowest BCUT2D eigenvalue weighted by atomic mass is 10.1. The number of carboxylic acids is 1. The predicted octanol–water partition coefficient (Wildman–Crippen LogP) is 2.56. The number of nitro benzene ring substituents is 1. The van der Waals surface area contributed by atoms with E-state index in [1.807, 2.05) is 0 Å². The zero-order valence-electron chi connectivity index (χ0n) is 11.9. The topological polar surface area (TPSA) is 130 Å². The number of rotatable bonds is 4. The predicted molar refractivity (Wildman–Crippen MR) is 80.9 cm³/mol. The van der Waals surface area contributed by atoms with Crippen molar-refractivity contribution >= 4 is 23.3 Å². The van der Waals surface area contributed by atoms with Gasteiger partial charge in [-0.15, -0.1) is 0 Å². The molecule has 2 rings (SSSR count). The highest BCUT2D eigenvalue weighted by Gasteiger charge is 2.18. The number of benzene rings is 2. The molecule has 118 valence electrons. The molecule has 0 saturated heterocycles. The quantitative estimate of drug-likeness (QED) is 0.451. The number of nitro groups is 1. The molecule has 0 aliphatic carbocycles. The highest BCUT2D eigenvalue weighted by atomic mass is 16.6. The van der Waals surface area contributed by atoms with Crippen LogP contribution in [0.25, 0.3) is 0 Å². The van der Waals surface area contributed by atoms with Crippen LogP contribution in [0.5, 0.6) is 5.75 Å². The van der Waals surface area contributed by atoms with Gasteiger partial charge >= 0.3 is 5.97 Å². The van der Waals surface area contributed by atoms with Crippen LogP contribution in [0.4, 0.5) is 11.4 Å². The second kappa shape index (κ2) is 6.14. The van der Waals surface area contributed by atoms with Crippen LogP contribution in [0.2, 0.25) is 0 Å². The summed E-state index contributed by atoms with van der Waals surface area (Å²) in [5.41, 5.74) is -0.0966. The minimum Gasteiger partial charge on any atom is -0.507 e. The van der Waals surface area contributed by atoms with E-state index in [1.54, 1.807) is 0 Å². The van der Waals surface area contributed by atoms with Gasteiger partial charge in [0.05, 0.1) is 4.92 Å². The maximum atomic E-state index is 12.2. The smallest absolute Gasteiger partial charge is 0.339 e. The summed E-state index contributed by atoms with van der Waals surface area (Å²) in [7, 11) is 0. The van der Waals surface area contributed by atoms with E-state index in [1.165, 1.54) is 31.2 Å². The Hall–Kier alpha value is -3.42. The average Bonchev–Trinajstić information content (AvgIpc) is 2.48. The van der Waals surface area contributed by atoms with E-state index in [9.17, 15) is 24.8 Å². The molecule has 23 heavy (non-hydrogen) atoms. The van der Waals surface area contributed by atoms with Gasteiger partial charge in [0, 0.05) is 22.9 Å². The van der Waals surface area contributed by atoms with Gasteiger partial charge in [-0.25, -0.2) is 4.79 Å². The molecule has 0 aliphatic rings. The lowest BCUT2D eigenvalue weighted by molar-refractivity contribution is -0.385. The van der Waals surface area contributed by atoms with Crippen molar-refractivity contribution in [2.75, 3.05) is 5.32 Å². The molecule has 1 amide bonds. The van der Waals surface area contributed by atoms with Crippen molar-refractivity contribution in [2.24, 2.45) is 0 Å². The molecule has 8 heteroatoms. The molecule has 0 aliphatic heterocycles. The first kappa shape index (κ1) is 16.0. The zero-order chi connectivity index (χ0) is 17.1. The highest BCUT2D eigenvalue weighted by Crippen LogP contribution is 2.24. The van der Waals surface area contributed by atoms with E-state index in [0.29, 0.717) is 0 Å². The molecule has 0 heterocycles. The maximum absolute atomic E-state index is 12.2. The van der Waals surface area contributed by atoms with Gasteiger partial charge in [0.1, 0.15) is 11.3 Å². The van der Waals surface area contributed by atoms with Crippen LogP contribution in [0.15, 0.2) is 36.4 Å². The Morgan fingerprint density at radius 1 is 1.17 bits per heavy atom. The van der Waals surface area contributed by atoms with Gasteiger partial charge in [0.2, 0.25) is 0 Å². The number of amides is 1. The standard InChI is InChI=1S/C15H12N2O6/c1-8-10(3-2-4-12(8)17(22)23)14(19)16-9-5-6-13(18)11(7-9)15(20)21/h2-7,18H,1H3,(H,16,19)(H,20,21). The molecular weight excluding hydrogens is 304 g/mol. The fourth-order valence-electron chi connectivity index (χ4n) is 2.05. The van der Waals surface area contributed by atoms with Crippen LogP contribution < -0.4 is 5.32 Å². The number of anilines is 1. The first-order chi connectivity index (χ1) is 10.8. The third kappa shape index (κ3) is 3.26. The van der Waals surface area contributed by atoms with E-state index in [-0.39, 0.29) is 28.1 Å². The molecule has 0 bridgehead atoms. The molecule has 2 aromatic carbocycles. The summed E-state index contributed by atoms with van der Waals surface area (Å²) in [6, 6.07) is 7.67. The molecule has 3 N–H and O–H groups in total. The summed E-state index contributed by atoms with van der Waals surface area (Å²) in [5.74, 6) is -2.39. The fourth-order valence-corrected chi connectivity index (χ4v) is 2.05. The number of carboxylic acid groups (broad SMARTS) is 1. The maximum Gasteiger partial charge on any atom is 0.339 e. The van der Waals surface area contributed by atoms with Crippen LogP contribution in [0, 0.1) is 17.0 Å². The number of nitrogens with one attached hydrogen (secondary N) is 1. The molecule has 0 unspecified atom stereocenters. The van der Waals surface area contributed by atoms with Gasteiger partial charge in [-0.3, -0.25) is 14.9 Å². The lowest BCUT2D eigenvalue weighted by Crippen LogP contribution is -2.14. The average molecular weight is 316 g/mol. The summed E-state index contributed by atoms with van der Waals surface area (Å²) >= 11 is 0. The van der Waals surface area contributed by atoms with Crippen molar-refractivity contribution in [1.29, 1.82) is 0 Å².